The zero-order valence-electron chi connectivity index (χ0n) is 37.9. The lowest BCUT2D eigenvalue weighted by Crippen LogP contribution is -2.60. The van der Waals surface area contributed by atoms with E-state index in [2.05, 4.69) is 97.0 Å². The summed E-state index contributed by atoms with van der Waals surface area (Å²) in [4.78, 5) is 12.8. The average molecular weight is 895 g/mol. The molecule has 62 heavy (non-hydrogen) atoms. The third-order valence-corrected chi connectivity index (χ3v) is 10.5. The average Bonchev–Trinajstić information content (AvgIpc) is 3.24. The molecule has 1 fully saturated rings. The largest absolute Gasteiger partial charge is 0.457 e. The summed E-state index contributed by atoms with van der Waals surface area (Å²) >= 11 is 0. The first kappa shape index (κ1) is 57.3. The zero-order chi connectivity index (χ0) is 45.4. The van der Waals surface area contributed by atoms with E-state index in [1.165, 1.54) is 57.8 Å². The van der Waals surface area contributed by atoms with E-state index in [-0.39, 0.29) is 19.6 Å². The van der Waals surface area contributed by atoms with Crippen LogP contribution in [0.5, 0.6) is 0 Å². The van der Waals surface area contributed by atoms with Crippen LogP contribution >= 0.6 is 0 Å². The van der Waals surface area contributed by atoms with Gasteiger partial charge >= 0.3 is 16.4 Å². The summed E-state index contributed by atoms with van der Waals surface area (Å²) in [7, 11) is -5.08. The standard InChI is InChI=1S/C49H82O12S/c1-3-5-7-9-11-13-15-17-19-21-23-25-27-29-31-33-35-37-39-57-41-43(42-58-49-47(53)48(61-62(54,55)56)46(52)44(40-50)60-49)59-45(51)38-36-34-32-30-28-26-24-22-20-18-16-14-12-10-8-6-4-2/h6,8,11-14,17-20,24,26,30,32,43-44,46-50,52-53H,3-5,7,9-10,15-16,21-23,25,27-29,31,33-42H2,1-2H3,(H,54,55,56)/b8-6-,13-11-,14-12-,19-17-,20-18-,26-24-,32-30-. The Balaban J connectivity index is 2.47. The van der Waals surface area contributed by atoms with E-state index < -0.39 is 59.8 Å². The van der Waals surface area contributed by atoms with Crippen LogP contribution in [-0.2, 0) is 38.3 Å². The van der Waals surface area contributed by atoms with Crippen LogP contribution in [0.25, 0.3) is 0 Å². The molecular formula is C49H82O12S. The van der Waals surface area contributed by atoms with Crippen molar-refractivity contribution in [3.8, 4) is 0 Å². The molecule has 1 aliphatic heterocycles. The molecule has 4 N–H and O–H groups in total. The van der Waals surface area contributed by atoms with Gasteiger partial charge in [-0.2, -0.15) is 8.42 Å². The first-order valence-electron chi connectivity index (χ1n) is 23.3. The monoisotopic (exact) mass is 895 g/mol. The lowest BCUT2D eigenvalue weighted by molar-refractivity contribution is -0.301. The minimum absolute atomic E-state index is 0.00399. The van der Waals surface area contributed by atoms with Gasteiger partial charge in [0.15, 0.2) is 6.29 Å². The molecule has 1 rings (SSSR count). The molecule has 1 aliphatic rings. The molecule has 0 amide bonds. The Morgan fingerprint density at radius 2 is 1.11 bits per heavy atom. The molecule has 6 atom stereocenters. The molecule has 0 spiro atoms. The molecule has 356 valence electrons. The van der Waals surface area contributed by atoms with Crippen LogP contribution in [0.15, 0.2) is 85.1 Å². The van der Waals surface area contributed by atoms with Crippen molar-refractivity contribution in [2.45, 2.75) is 192 Å². The predicted octanol–water partition coefficient (Wildman–Crippen LogP) is 10.1. The number of carbonyl (C=O) groups is 1. The maximum absolute atomic E-state index is 12.8. The number of carbonyl (C=O) groups excluding carboxylic acids is 1. The molecular weight excluding hydrogens is 813 g/mol. The van der Waals surface area contributed by atoms with Gasteiger partial charge in [0, 0.05) is 13.0 Å². The van der Waals surface area contributed by atoms with Gasteiger partial charge in [0.05, 0.1) is 19.8 Å². The van der Waals surface area contributed by atoms with Crippen molar-refractivity contribution in [2.24, 2.45) is 0 Å². The highest BCUT2D eigenvalue weighted by Gasteiger charge is 2.48. The predicted molar refractivity (Wildman–Crippen MR) is 248 cm³/mol. The number of aliphatic hydroxyl groups excluding tert-OH is 3. The fourth-order valence-electron chi connectivity index (χ4n) is 6.50. The van der Waals surface area contributed by atoms with Gasteiger partial charge in [-0.25, -0.2) is 4.18 Å². The van der Waals surface area contributed by atoms with Crippen LogP contribution < -0.4 is 0 Å². The quantitative estimate of drug-likeness (QED) is 0.0199. The molecule has 12 nitrogen and oxygen atoms in total. The molecule has 0 aromatic carbocycles. The van der Waals surface area contributed by atoms with E-state index in [4.69, 9.17) is 23.5 Å². The van der Waals surface area contributed by atoms with E-state index in [9.17, 15) is 28.5 Å². The van der Waals surface area contributed by atoms with Gasteiger partial charge in [-0.3, -0.25) is 9.35 Å². The second-order valence-corrected chi connectivity index (χ2v) is 16.7. The number of unbranched alkanes of at least 4 members (excludes halogenated alkanes) is 12. The normalized spacial score (nSPS) is 20.8. The van der Waals surface area contributed by atoms with Crippen molar-refractivity contribution >= 4 is 16.4 Å². The van der Waals surface area contributed by atoms with Gasteiger partial charge in [0.1, 0.15) is 30.5 Å². The van der Waals surface area contributed by atoms with Crippen molar-refractivity contribution in [3.63, 3.8) is 0 Å². The Hall–Kier alpha value is -2.72. The highest BCUT2D eigenvalue weighted by molar-refractivity contribution is 7.80. The minimum atomic E-state index is -5.08. The molecule has 0 aromatic heterocycles. The number of hydrogen-bond acceptors (Lipinski definition) is 11. The number of aliphatic hydroxyl groups is 3. The van der Waals surface area contributed by atoms with E-state index in [0.717, 1.165) is 64.2 Å². The number of allylic oxidation sites excluding steroid dienone is 14. The molecule has 6 unspecified atom stereocenters. The molecule has 0 bridgehead atoms. The molecule has 1 heterocycles. The van der Waals surface area contributed by atoms with Gasteiger partial charge in [-0.15, -0.1) is 0 Å². The first-order chi connectivity index (χ1) is 30.1. The first-order valence-corrected chi connectivity index (χ1v) is 24.7. The van der Waals surface area contributed by atoms with Crippen molar-refractivity contribution < 1.29 is 56.2 Å². The van der Waals surface area contributed by atoms with Gasteiger partial charge < -0.3 is 34.3 Å². The fourth-order valence-corrected chi connectivity index (χ4v) is 7.01. The van der Waals surface area contributed by atoms with E-state index >= 15 is 0 Å². The van der Waals surface area contributed by atoms with Crippen LogP contribution in [0, 0.1) is 0 Å². The molecule has 0 radical (unpaired) electrons. The second-order valence-electron chi connectivity index (χ2n) is 15.6. The Kier molecular flexibility index (Phi) is 36.8. The second kappa shape index (κ2) is 39.8. The number of esters is 1. The summed E-state index contributed by atoms with van der Waals surface area (Å²) in [5.41, 5.74) is 0. The molecule has 0 aromatic rings. The highest BCUT2D eigenvalue weighted by atomic mass is 32.3. The van der Waals surface area contributed by atoms with Crippen LogP contribution in [0.1, 0.15) is 155 Å². The lowest BCUT2D eigenvalue weighted by Gasteiger charge is -2.41. The zero-order valence-corrected chi connectivity index (χ0v) is 38.7. The van der Waals surface area contributed by atoms with Crippen LogP contribution in [0.4, 0.5) is 0 Å². The Morgan fingerprint density at radius 1 is 0.629 bits per heavy atom. The summed E-state index contributed by atoms with van der Waals surface area (Å²) in [5.74, 6) is -0.461. The third kappa shape index (κ3) is 32.9. The number of hydrogen-bond donors (Lipinski definition) is 4. The summed E-state index contributed by atoms with van der Waals surface area (Å²) in [5, 5.41) is 30.7. The topological polar surface area (TPSA) is 178 Å². The third-order valence-electron chi connectivity index (χ3n) is 10.0. The molecule has 0 aliphatic carbocycles. The Bertz CT molecular complexity index is 1400. The maximum atomic E-state index is 12.8. The SMILES string of the molecule is CC/C=C\C/C=C\C/C=C\C/C=C\C/C=C\CCCC(=O)OC(COCCCCCCCCCC/C=C\C/C=C\CCCCC)COC1OC(CO)C(O)C(OS(=O)(=O)O)C1O. The lowest BCUT2D eigenvalue weighted by atomic mass is 9.99. The van der Waals surface area contributed by atoms with Gasteiger partial charge in [0.2, 0.25) is 0 Å². The van der Waals surface area contributed by atoms with Crippen molar-refractivity contribution in [3.05, 3.63) is 85.1 Å². The highest BCUT2D eigenvalue weighted by Crippen LogP contribution is 2.26. The molecule has 1 saturated heterocycles. The Morgan fingerprint density at radius 3 is 1.63 bits per heavy atom. The number of ether oxygens (including phenoxy) is 4. The van der Waals surface area contributed by atoms with Crippen molar-refractivity contribution in [2.75, 3.05) is 26.4 Å². The smallest absolute Gasteiger partial charge is 0.397 e. The van der Waals surface area contributed by atoms with E-state index in [1.54, 1.807) is 0 Å². The Labute approximate surface area is 374 Å². The van der Waals surface area contributed by atoms with Crippen molar-refractivity contribution in [1.29, 1.82) is 0 Å². The van der Waals surface area contributed by atoms with E-state index in [0.29, 0.717) is 19.4 Å². The fraction of sp³-hybridized carbons (Fsp3) is 0.694. The van der Waals surface area contributed by atoms with Crippen LogP contribution in [-0.4, -0.2) is 97.5 Å². The molecule has 13 heteroatoms. The van der Waals surface area contributed by atoms with Gasteiger partial charge in [-0.1, -0.05) is 150 Å². The number of rotatable bonds is 39. The summed E-state index contributed by atoms with van der Waals surface area (Å²) in [6, 6.07) is 0. The summed E-state index contributed by atoms with van der Waals surface area (Å²) < 4.78 is 59.0. The van der Waals surface area contributed by atoms with Crippen LogP contribution in [0.2, 0.25) is 0 Å². The van der Waals surface area contributed by atoms with Gasteiger partial charge in [-0.05, 0) is 83.5 Å². The summed E-state index contributed by atoms with van der Waals surface area (Å²) in [6.45, 7) is 3.75. The van der Waals surface area contributed by atoms with Gasteiger partial charge in [0.25, 0.3) is 0 Å². The summed E-state index contributed by atoms with van der Waals surface area (Å²) in [6.07, 6.45) is 43.3. The van der Waals surface area contributed by atoms with Crippen molar-refractivity contribution in [1.82, 2.24) is 0 Å². The minimum Gasteiger partial charge on any atom is -0.457 e. The molecule has 0 saturated carbocycles. The van der Waals surface area contributed by atoms with E-state index in [1.807, 2.05) is 6.08 Å². The van der Waals surface area contributed by atoms with Crippen LogP contribution in [0.3, 0.4) is 0 Å². The maximum Gasteiger partial charge on any atom is 0.397 e.